The molecule has 10 heteroatoms. The van der Waals surface area contributed by atoms with Crippen LogP contribution in [0.5, 0.6) is 0 Å². The highest BCUT2D eigenvalue weighted by Crippen LogP contribution is 2.33. The molecule has 0 spiro atoms. The Kier molecular flexibility index (Phi) is 4.77. The number of nitrogens with zero attached hydrogens (tertiary/aromatic N) is 2. The van der Waals surface area contributed by atoms with Gasteiger partial charge in [0.2, 0.25) is 0 Å². The number of aryl methyl sites for hydroxylation is 2. The summed E-state index contributed by atoms with van der Waals surface area (Å²) in [5.74, 6) is -0.844. The number of halogens is 1. The number of likely N-dealkylation sites (tertiary alicyclic amines) is 1. The Morgan fingerprint density at radius 2 is 1.89 bits per heavy atom. The van der Waals surface area contributed by atoms with Crippen LogP contribution >= 0.6 is 11.6 Å². The first-order valence-electron chi connectivity index (χ1n) is 8.14. The third kappa shape index (κ3) is 3.32. The molecule has 2 heterocycles. The summed E-state index contributed by atoms with van der Waals surface area (Å²) in [7, 11) is -4.08. The second-order valence-corrected chi connectivity index (χ2v) is 8.69. The third-order valence-corrected chi connectivity index (χ3v) is 6.35. The molecule has 0 saturated carbocycles. The molecule has 2 aromatic rings. The van der Waals surface area contributed by atoms with Crippen LogP contribution in [0.4, 0.5) is 0 Å². The lowest BCUT2D eigenvalue weighted by atomic mass is 9.85. The second-order valence-electron chi connectivity index (χ2n) is 6.57. The number of nitrogens with one attached hydrogen (secondary N) is 1. The van der Waals surface area contributed by atoms with Crippen molar-refractivity contribution in [2.75, 3.05) is 6.54 Å². The first-order chi connectivity index (χ1) is 12.6. The van der Waals surface area contributed by atoms with Gasteiger partial charge >= 0.3 is 0 Å². The van der Waals surface area contributed by atoms with E-state index < -0.39 is 27.4 Å². The number of carbonyl (C=O) groups excluding carboxylic acids is 2. The lowest BCUT2D eigenvalue weighted by Gasteiger charge is -2.48. The summed E-state index contributed by atoms with van der Waals surface area (Å²) >= 11 is 5.76. The van der Waals surface area contributed by atoms with Crippen molar-refractivity contribution in [1.29, 1.82) is 0 Å². The molecule has 0 aliphatic carbocycles. The standard InChI is InChI=1S/C17H18ClN3O5S/c1-10-14(11(2)26-19-10)15(22)21-9-8-17(21,3)16(23)20-27(24,25)13-6-4-12(18)5-7-13/h4-7H,8-9H2,1-3H3,(H,20,23). The first-order valence-corrected chi connectivity index (χ1v) is 10.00. The maximum Gasteiger partial charge on any atom is 0.264 e. The van der Waals surface area contributed by atoms with Crippen molar-refractivity contribution in [2.24, 2.45) is 0 Å². The van der Waals surface area contributed by atoms with E-state index in [4.69, 9.17) is 16.1 Å². The van der Waals surface area contributed by atoms with E-state index in [1.807, 2.05) is 0 Å². The molecule has 1 aliphatic rings. The van der Waals surface area contributed by atoms with Gasteiger partial charge in [-0.1, -0.05) is 16.8 Å². The van der Waals surface area contributed by atoms with Crippen molar-refractivity contribution in [2.45, 2.75) is 37.6 Å². The Labute approximate surface area is 161 Å². The van der Waals surface area contributed by atoms with Gasteiger partial charge in [-0.15, -0.1) is 0 Å². The summed E-state index contributed by atoms with van der Waals surface area (Å²) in [6.07, 6.45) is 0.337. The molecular formula is C17H18ClN3O5S. The van der Waals surface area contributed by atoms with Crippen LogP contribution < -0.4 is 4.72 Å². The first kappa shape index (κ1) is 19.4. The predicted octanol–water partition coefficient (Wildman–Crippen LogP) is 2.05. The highest BCUT2D eigenvalue weighted by molar-refractivity contribution is 7.90. The van der Waals surface area contributed by atoms with Gasteiger partial charge < -0.3 is 9.42 Å². The van der Waals surface area contributed by atoms with E-state index in [1.54, 1.807) is 13.8 Å². The number of amides is 2. The molecule has 1 saturated heterocycles. The fourth-order valence-corrected chi connectivity index (χ4v) is 4.15. The Bertz CT molecular complexity index is 996. The van der Waals surface area contributed by atoms with Crippen molar-refractivity contribution < 1.29 is 22.5 Å². The van der Waals surface area contributed by atoms with E-state index in [0.717, 1.165) is 0 Å². The minimum Gasteiger partial charge on any atom is -0.361 e. The average Bonchev–Trinajstić information content (AvgIpc) is 2.91. The zero-order valence-corrected chi connectivity index (χ0v) is 16.5. The van der Waals surface area contributed by atoms with Crippen LogP contribution in [-0.2, 0) is 14.8 Å². The number of sulfonamides is 1. The van der Waals surface area contributed by atoms with Crippen LogP contribution in [0.3, 0.4) is 0 Å². The van der Waals surface area contributed by atoms with Crippen molar-refractivity contribution in [1.82, 2.24) is 14.8 Å². The topological polar surface area (TPSA) is 110 Å². The van der Waals surface area contributed by atoms with E-state index in [1.165, 1.54) is 36.1 Å². The van der Waals surface area contributed by atoms with Crippen LogP contribution in [0.25, 0.3) is 0 Å². The Hall–Kier alpha value is -2.39. The van der Waals surface area contributed by atoms with E-state index in [9.17, 15) is 18.0 Å². The molecule has 0 radical (unpaired) electrons. The van der Waals surface area contributed by atoms with Gasteiger partial charge in [0.05, 0.1) is 10.6 Å². The van der Waals surface area contributed by atoms with Crippen LogP contribution in [0.1, 0.15) is 35.2 Å². The zero-order valence-electron chi connectivity index (χ0n) is 14.9. The molecule has 1 N–H and O–H groups in total. The minimum atomic E-state index is -4.08. The van der Waals surface area contributed by atoms with Crippen LogP contribution in [-0.4, -0.2) is 42.4 Å². The number of benzene rings is 1. The van der Waals surface area contributed by atoms with Gasteiger partial charge in [0.15, 0.2) is 0 Å². The molecule has 8 nitrogen and oxygen atoms in total. The fraction of sp³-hybridized carbons (Fsp3) is 0.353. The van der Waals surface area contributed by atoms with Crippen molar-refractivity contribution in [3.63, 3.8) is 0 Å². The molecule has 144 valence electrons. The van der Waals surface area contributed by atoms with Crippen LogP contribution in [0.2, 0.25) is 5.02 Å². The highest BCUT2D eigenvalue weighted by Gasteiger charge is 2.51. The number of hydrogen-bond donors (Lipinski definition) is 1. The quantitative estimate of drug-likeness (QED) is 0.824. The lowest BCUT2D eigenvalue weighted by molar-refractivity contribution is -0.135. The molecule has 1 fully saturated rings. The SMILES string of the molecule is Cc1noc(C)c1C(=O)N1CCC1(C)C(=O)NS(=O)(=O)c1ccc(Cl)cc1. The number of carbonyl (C=O) groups is 2. The second kappa shape index (κ2) is 6.65. The maximum absolute atomic E-state index is 12.8. The fourth-order valence-electron chi connectivity index (χ4n) is 2.95. The Morgan fingerprint density at radius 3 is 2.37 bits per heavy atom. The molecule has 1 aromatic carbocycles. The normalized spacial score (nSPS) is 19.5. The maximum atomic E-state index is 12.8. The third-order valence-electron chi connectivity index (χ3n) is 4.75. The monoisotopic (exact) mass is 411 g/mol. The summed E-state index contributed by atoms with van der Waals surface area (Å²) in [6.45, 7) is 5.09. The molecule has 0 bridgehead atoms. The molecule has 1 aliphatic heterocycles. The van der Waals surface area contributed by atoms with Gasteiger partial charge in [0, 0.05) is 11.6 Å². The van der Waals surface area contributed by atoms with E-state index in [0.29, 0.717) is 29.4 Å². The summed E-state index contributed by atoms with van der Waals surface area (Å²) in [4.78, 5) is 26.7. The zero-order chi connectivity index (χ0) is 20.0. The van der Waals surface area contributed by atoms with Gasteiger partial charge in [-0.3, -0.25) is 9.59 Å². The Balaban J connectivity index is 1.82. The van der Waals surface area contributed by atoms with E-state index in [-0.39, 0.29) is 10.5 Å². The van der Waals surface area contributed by atoms with Crippen LogP contribution in [0, 0.1) is 13.8 Å². The molecule has 3 rings (SSSR count). The highest BCUT2D eigenvalue weighted by atomic mass is 35.5. The minimum absolute atomic E-state index is 0.0910. The Morgan fingerprint density at radius 1 is 1.26 bits per heavy atom. The molecule has 1 aromatic heterocycles. The molecular weight excluding hydrogens is 394 g/mol. The van der Waals surface area contributed by atoms with Crippen molar-refractivity contribution >= 4 is 33.4 Å². The molecule has 27 heavy (non-hydrogen) atoms. The predicted molar refractivity (Wildman–Crippen MR) is 96.8 cm³/mol. The van der Waals surface area contributed by atoms with Gasteiger partial charge in [-0.05, 0) is 51.5 Å². The number of rotatable bonds is 4. The smallest absolute Gasteiger partial charge is 0.264 e. The summed E-state index contributed by atoms with van der Waals surface area (Å²) in [5, 5.41) is 4.12. The number of aromatic nitrogens is 1. The lowest BCUT2D eigenvalue weighted by Crippen LogP contribution is -2.67. The molecule has 1 unspecified atom stereocenters. The number of hydrogen-bond acceptors (Lipinski definition) is 6. The molecule has 2 amide bonds. The average molecular weight is 412 g/mol. The van der Waals surface area contributed by atoms with Gasteiger partial charge in [0.25, 0.3) is 21.8 Å². The summed E-state index contributed by atoms with van der Waals surface area (Å²) in [5.41, 5.74) is -0.581. The summed E-state index contributed by atoms with van der Waals surface area (Å²) in [6, 6.07) is 5.43. The molecule has 1 atom stereocenters. The van der Waals surface area contributed by atoms with E-state index in [2.05, 4.69) is 9.88 Å². The van der Waals surface area contributed by atoms with Gasteiger partial charge in [0.1, 0.15) is 16.9 Å². The van der Waals surface area contributed by atoms with Gasteiger partial charge in [-0.25, -0.2) is 13.1 Å². The van der Waals surface area contributed by atoms with Crippen LogP contribution in [0.15, 0.2) is 33.7 Å². The largest absolute Gasteiger partial charge is 0.361 e. The van der Waals surface area contributed by atoms with E-state index >= 15 is 0 Å². The van der Waals surface area contributed by atoms with Crippen molar-refractivity contribution in [3.05, 3.63) is 46.3 Å². The van der Waals surface area contributed by atoms with Gasteiger partial charge in [-0.2, -0.15) is 0 Å². The van der Waals surface area contributed by atoms with Crippen molar-refractivity contribution in [3.8, 4) is 0 Å². The summed E-state index contributed by atoms with van der Waals surface area (Å²) < 4.78 is 32.0.